The Balaban J connectivity index is 1.91. The maximum absolute atomic E-state index is 11.9. The van der Waals surface area contributed by atoms with Gasteiger partial charge in [-0.15, -0.1) is 0 Å². The summed E-state index contributed by atoms with van der Waals surface area (Å²) in [7, 11) is 0. The van der Waals surface area contributed by atoms with Crippen LogP contribution in [-0.4, -0.2) is 20.9 Å². The van der Waals surface area contributed by atoms with Gasteiger partial charge in [-0.1, -0.05) is 17.6 Å². The Morgan fingerprint density at radius 2 is 2.26 bits per heavy atom. The second-order valence-corrected chi connectivity index (χ2v) is 4.89. The Labute approximate surface area is 111 Å². The second-order valence-electron chi connectivity index (χ2n) is 4.89. The standard InChI is InChI=1S/C14H15N3O2/c1-9-5-4-8-15-12(9)13-16-14(19-17-13)10-6-2-3-7-11(10)18/h4-5,8,10H,2-3,6-7H2,1H3. The summed E-state index contributed by atoms with van der Waals surface area (Å²) in [6, 6.07) is 3.81. The third-order valence-electron chi connectivity index (χ3n) is 3.52. The summed E-state index contributed by atoms with van der Waals surface area (Å²) < 4.78 is 5.26. The molecule has 0 amide bonds. The number of hydrogen-bond donors (Lipinski definition) is 0. The van der Waals surface area contributed by atoms with E-state index in [4.69, 9.17) is 4.52 Å². The van der Waals surface area contributed by atoms with Crippen LogP contribution in [0.2, 0.25) is 0 Å². The molecule has 0 spiro atoms. The molecule has 1 fully saturated rings. The van der Waals surface area contributed by atoms with Crippen molar-refractivity contribution in [2.24, 2.45) is 0 Å². The van der Waals surface area contributed by atoms with Gasteiger partial charge in [0.2, 0.25) is 11.7 Å². The van der Waals surface area contributed by atoms with Crippen molar-refractivity contribution in [1.82, 2.24) is 15.1 Å². The molecular formula is C14H15N3O2. The van der Waals surface area contributed by atoms with E-state index in [1.807, 2.05) is 19.1 Å². The van der Waals surface area contributed by atoms with Gasteiger partial charge in [-0.2, -0.15) is 4.98 Å². The van der Waals surface area contributed by atoms with Crippen molar-refractivity contribution in [2.45, 2.75) is 38.5 Å². The van der Waals surface area contributed by atoms with Crippen LogP contribution in [-0.2, 0) is 4.79 Å². The summed E-state index contributed by atoms with van der Waals surface area (Å²) in [5.74, 6) is 0.884. The number of nitrogens with zero attached hydrogens (tertiary/aromatic N) is 3. The topological polar surface area (TPSA) is 68.9 Å². The predicted octanol–water partition coefficient (Wildman–Crippen LogP) is 2.67. The lowest BCUT2D eigenvalue weighted by Gasteiger charge is -2.16. The lowest BCUT2D eigenvalue weighted by atomic mass is 9.88. The molecular weight excluding hydrogens is 242 g/mol. The normalized spacial score (nSPS) is 19.6. The summed E-state index contributed by atoms with van der Waals surface area (Å²) in [6.45, 7) is 1.95. The molecule has 19 heavy (non-hydrogen) atoms. The third kappa shape index (κ3) is 2.28. The van der Waals surface area contributed by atoms with Gasteiger partial charge in [-0.05, 0) is 31.4 Å². The summed E-state index contributed by atoms with van der Waals surface area (Å²) in [5, 5.41) is 3.96. The molecule has 1 unspecified atom stereocenters. The molecule has 2 aromatic heterocycles. The number of hydrogen-bond acceptors (Lipinski definition) is 5. The lowest BCUT2D eigenvalue weighted by Crippen LogP contribution is -2.17. The number of carbonyl (C=O) groups is 1. The quantitative estimate of drug-likeness (QED) is 0.827. The smallest absolute Gasteiger partial charge is 0.237 e. The molecule has 1 atom stereocenters. The van der Waals surface area contributed by atoms with Crippen molar-refractivity contribution in [3.63, 3.8) is 0 Å². The average Bonchev–Trinajstić information content (AvgIpc) is 2.89. The van der Waals surface area contributed by atoms with E-state index in [2.05, 4.69) is 15.1 Å². The van der Waals surface area contributed by atoms with E-state index in [9.17, 15) is 4.79 Å². The minimum absolute atomic E-state index is 0.208. The largest absolute Gasteiger partial charge is 0.338 e. The fraction of sp³-hybridized carbons (Fsp3) is 0.429. The van der Waals surface area contributed by atoms with Crippen LogP contribution in [0.25, 0.3) is 11.5 Å². The zero-order chi connectivity index (χ0) is 13.2. The molecule has 0 aliphatic heterocycles. The predicted molar refractivity (Wildman–Crippen MR) is 68.5 cm³/mol. The first-order valence-electron chi connectivity index (χ1n) is 6.54. The molecule has 2 heterocycles. The minimum atomic E-state index is -0.223. The number of carbonyl (C=O) groups excluding carboxylic acids is 1. The Morgan fingerprint density at radius 1 is 1.37 bits per heavy atom. The van der Waals surface area contributed by atoms with Gasteiger partial charge in [-0.3, -0.25) is 9.78 Å². The molecule has 1 aliphatic carbocycles. The molecule has 0 N–H and O–H groups in total. The molecule has 2 aromatic rings. The van der Waals surface area contributed by atoms with Crippen LogP contribution < -0.4 is 0 Å². The Hall–Kier alpha value is -2.04. The van der Waals surface area contributed by atoms with Crippen molar-refractivity contribution in [3.8, 4) is 11.5 Å². The molecule has 98 valence electrons. The van der Waals surface area contributed by atoms with E-state index in [0.29, 0.717) is 23.8 Å². The van der Waals surface area contributed by atoms with Crippen molar-refractivity contribution in [3.05, 3.63) is 29.8 Å². The SMILES string of the molecule is Cc1cccnc1-c1noc(C2CCCCC2=O)n1. The number of rotatable bonds is 2. The third-order valence-corrected chi connectivity index (χ3v) is 3.52. The summed E-state index contributed by atoms with van der Waals surface area (Å²) in [6.07, 6.45) is 5.13. The highest BCUT2D eigenvalue weighted by atomic mass is 16.5. The molecule has 0 aromatic carbocycles. The van der Waals surface area contributed by atoms with Gasteiger partial charge in [-0.25, -0.2) is 0 Å². The van der Waals surface area contributed by atoms with Crippen LogP contribution in [0.4, 0.5) is 0 Å². The number of ketones is 1. The van der Waals surface area contributed by atoms with Gasteiger partial charge in [0.05, 0.1) is 5.92 Å². The summed E-state index contributed by atoms with van der Waals surface area (Å²) in [5.41, 5.74) is 1.70. The van der Waals surface area contributed by atoms with Crippen LogP contribution in [0.15, 0.2) is 22.9 Å². The Morgan fingerprint density at radius 3 is 3.05 bits per heavy atom. The molecule has 3 rings (SSSR count). The summed E-state index contributed by atoms with van der Waals surface area (Å²) >= 11 is 0. The number of pyridine rings is 1. The maximum Gasteiger partial charge on any atom is 0.237 e. The fourth-order valence-electron chi connectivity index (χ4n) is 2.44. The van der Waals surface area contributed by atoms with Gasteiger partial charge >= 0.3 is 0 Å². The number of aryl methyl sites for hydroxylation is 1. The van der Waals surface area contributed by atoms with Gasteiger partial charge in [0.15, 0.2) is 0 Å². The van der Waals surface area contributed by atoms with Gasteiger partial charge in [0.25, 0.3) is 0 Å². The lowest BCUT2D eigenvalue weighted by molar-refractivity contribution is -0.122. The number of aromatic nitrogens is 3. The van der Waals surface area contributed by atoms with Crippen LogP contribution in [0.3, 0.4) is 0 Å². The van der Waals surface area contributed by atoms with Crippen molar-refractivity contribution >= 4 is 5.78 Å². The van der Waals surface area contributed by atoms with Crippen LogP contribution in [0, 0.1) is 6.92 Å². The molecule has 1 aliphatic rings. The van der Waals surface area contributed by atoms with E-state index in [-0.39, 0.29) is 11.7 Å². The summed E-state index contributed by atoms with van der Waals surface area (Å²) in [4.78, 5) is 20.5. The van der Waals surface area contributed by atoms with Gasteiger partial charge < -0.3 is 4.52 Å². The maximum atomic E-state index is 11.9. The van der Waals surface area contributed by atoms with Crippen LogP contribution >= 0.6 is 0 Å². The van der Waals surface area contributed by atoms with Crippen LogP contribution in [0.5, 0.6) is 0 Å². The number of Topliss-reactive ketones (excluding diaryl/α,β-unsaturated/α-hetero) is 1. The molecule has 0 radical (unpaired) electrons. The Kier molecular flexibility index (Phi) is 3.11. The molecule has 0 bridgehead atoms. The van der Waals surface area contributed by atoms with Gasteiger partial charge in [0, 0.05) is 12.6 Å². The van der Waals surface area contributed by atoms with Crippen LogP contribution in [0.1, 0.15) is 43.1 Å². The molecule has 1 saturated carbocycles. The minimum Gasteiger partial charge on any atom is -0.338 e. The van der Waals surface area contributed by atoms with Crippen molar-refractivity contribution < 1.29 is 9.32 Å². The highest BCUT2D eigenvalue weighted by molar-refractivity contribution is 5.85. The molecule has 5 nitrogen and oxygen atoms in total. The first-order valence-corrected chi connectivity index (χ1v) is 6.54. The second kappa shape index (κ2) is 4.91. The zero-order valence-electron chi connectivity index (χ0n) is 10.8. The monoisotopic (exact) mass is 257 g/mol. The van der Waals surface area contributed by atoms with E-state index >= 15 is 0 Å². The van der Waals surface area contributed by atoms with Crippen molar-refractivity contribution in [2.75, 3.05) is 0 Å². The molecule has 0 saturated heterocycles. The fourth-order valence-corrected chi connectivity index (χ4v) is 2.44. The highest BCUT2D eigenvalue weighted by Crippen LogP contribution is 2.30. The first kappa shape index (κ1) is 12.0. The Bertz CT molecular complexity index is 606. The molecule has 5 heteroatoms. The highest BCUT2D eigenvalue weighted by Gasteiger charge is 2.29. The van der Waals surface area contributed by atoms with E-state index in [1.165, 1.54) is 0 Å². The van der Waals surface area contributed by atoms with E-state index in [1.54, 1.807) is 6.20 Å². The zero-order valence-corrected chi connectivity index (χ0v) is 10.8. The van der Waals surface area contributed by atoms with Gasteiger partial charge in [0.1, 0.15) is 11.5 Å². The average molecular weight is 257 g/mol. The first-order chi connectivity index (χ1) is 9.25. The van der Waals surface area contributed by atoms with Crippen molar-refractivity contribution in [1.29, 1.82) is 0 Å². The van der Waals surface area contributed by atoms with E-state index < -0.39 is 0 Å². The van der Waals surface area contributed by atoms with E-state index in [0.717, 1.165) is 24.8 Å².